The zero-order chi connectivity index (χ0) is 9.97. The predicted molar refractivity (Wildman–Crippen MR) is 56.0 cm³/mol. The summed E-state index contributed by atoms with van der Waals surface area (Å²) < 4.78 is 0.956. The van der Waals surface area contributed by atoms with Crippen LogP contribution in [0.4, 0.5) is 5.00 Å². The van der Waals surface area contributed by atoms with Gasteiger partial charge in [-0.1, -0.05) is 18.2 Å². The van der Waals surface area contributed by atoms with Crippen molar-refractivity contribution in [3.63, 3.8) is 0 Å². The maximum Gasteiger partial charge on any atom is 0.151 e. The zero-order valence-corrected chi connectivity index (χ0v) is 7.86. The molecule has 2 rings (SSSR count). The second kappa shape index (κ2) is 3.49. The number of thiophene rings is 1. The Balaban J connectivity index is 2.84. The van der Waals surface area contributed by atoms with Crippen LogP contribution in [0.15, 0.2) is 29.4 Å². The summed E-state index contributed by atoms with van der Waals surface area (Å²) in [5, 5.41) is 4.76. The van der Waals surface area contributed by atoms with Gasteiger partial charge in [0.15, 0.2) is 6.29 Å². The van der Waals surface area contributed by atoms with Crippen molar-refractivity contribution in [3.8, 4) is 0 Å². The lowest BCUT2D eigenvalue weighted by Crippen LogP contribution is -1.74. The lowest BCUT2D eigenvalue weighted by Gasteiger charge is -1.87. The number of aldehydes is 1. The molecule has 14 heavy (non-hydrogen) atoms. The molecule has 0 bridgehead atoms. The third-order valence-corrected chi connectivity index (χ3v) is 2.94. The molecule has 0 unspecified atom stereocenters. The molecule has 1 heterocycles. The highest BCUT2D eigenvalue weighted by Crippen LogP contribution is 2.36. The van der Waals surface area contributed by atoms with Crippen molar-refractivity contribution >= 4 is 32.7 Å². The molecule has 0 saturated carbocycles. The zero-order valence-electron chi connectivity index (χ0n) is 7.04. The van der Waals surface area contributed by atoms with Crippen LogP contribution in [0.5, 0.6) is 0 Å². The van der Waals surface area contributed by atoms with Gasteiger partial charge in [0.2, 0.25) is 0 Å². The van der Waals surface area contributed by atoms with E-state index >= 15 is 0 Å². The van der Waals surface area contributed by atoms with Gasteiger partial charge in [0.05, 0.1) is 0 Å². The standard InChI is InChI=1S/C9H5N3OS/c10-12-11-9-7(5-13)6-3-1-2-4-8(6)14-9/h1-5H. The Kier molecular flexibility index (Phi) is 2.18. The van der Waals surface area contributed by atoms with Crippen molar-refractivity contribution in [2.45, 2.75) is 0 Å². The molecule has 68 valence electrons. The lowest BCUT2D eigenvalue weighted by atomic mass is 10.2. The summed E-state index contributed by atoms with van der Waals surface area (Å²) in [4.78, 5) is 13.5. The first kappa shape index (κ1) is 8.74. The first-order valence-electron chi connectivity index (χ1n) is 3.88. The number of carbonyl (C=O) groups excluding carboxylic acids is 1. The van der Waals surface area contributed by atoms with Crippen LogP contribution < -0.4 is 0 Å². The molecule has 0 saturated heterocycles. The SMILES string of the molecule is [N-]=[N+]=Nc1sc2ccccc2c1C=O. The number of hydrogen-bond acceptors (Lipinski definition) is 3. The van der Waals surface area contributed by atoms with Crippen LogP contribution in [0.3, 0.4) is 0 Å². The van der Waals surface area contributed by atoms with Gasteiger partial charge < -0.3 is 0 Å². The van der Waals surface area contributed by atoms with Crippen molar-refractivity contribution in [1.82, 2.24) is 0 Å². The van der Waals surface area contributed by atoms with E-state index in [2.05, 4.69) is 10.0 Å². The summed E-state index contributed by atoms with van der Waals surface area (Å²) in [6, 6.07) is 7.46. The molecule has 0 aliphatic heterocycles. The smallest absolute Gasteiger partial charge is 0.151 e. The van der Waals surface area contributed by atoms with Gasteiger partial charge in [0, 0.05) is 20.6 Å². The van der Waals surface area contributed by atoms with Gasteiger partial charge in [-0.05, 0) is 16.7 Å². The van der Waals surface area contributed by atoms with E-state index in [0.29, 0.717) is 10.6 Å². The molecule has 4 nitrogen and oxygen atoms in total. The minimum Gasteiger partial charge on any atom is -0.298 e. The fourth-order valence-electron chi connectivity index (χ4n) is 1.28. The Bertz CT molecular complexity index is 540. The van der Waals surface area contributed by atoms with E-state index < -0.39 is 0 Å². The van der Waals surface area contributed by atoms with E-state index in [9.17, 15) is 4.79 Å². The van der Waals surface area contributed by atoms with Gasteiger partial charge in [-0.2, -0.15) is 0 Å². The lowest BCUT2D eigenvalue weighted by molar-refractivity contribution is 0.112. The second-order valence-electron chi connectivity index (χ2n) is 2.62. The second-order valence-corrected chi connectivity index (χ2v) is 3.65. The first-order chi connectivity index (χ1) is 6.86. The molecule has 1 aromatic heterocycles. The third kappa shape index (κ3) is 1.25. The van der Waals surface area contributed by atoms with Gasteiger partial charge in [0.1, 0.15) is 5.00 Å². The molecule has 0 aliphatic carbocycles. The van der Waals surface area contributed by atoms with E-state index in [1.165, 1.54) is 11.3 Å². The first-order valence-corrected chi connectivity index (χ1v) is 4.70. The van der Waals surface area contributed by atoms with Crippen LogP contribution in [0.25, 0.3) is 20.5 Å². The van der Waals surface area contributed by atoms with Crippen LogP contribution >= 0.6 is 11.3 Å². The van der Waals surface area contributed by atoms with Crippen LogP contribution in [0.1, 0.15) is 10.4 Å². The quantitative estimate of drug-likeness (QED) is 0.318. The highest BCUT2D eigenvalue weighted by Gasteiger charge is 2.08. The Morgan fingerprint density at radius 1 is 1.43 bits per heavy atom. The molecule has 5 heteroatoms. The molecule has 0 amide bonds. The van der Waals surface area contributed by atoms with Crippen molar-refractivity contribution < 1.29 is 4.79 Å². The Morgan fingerprint density at radius 2 is 2.21 bits per heavy atom. The van der Waals surface area contributed by atoms with Gasteiger partial charge in [-0.3, -0.25) is 4.79 Å². The number of fused-ring (bicyclic) bond motifs is 1. The fourth-order valence-corrected chi connectivity index (χ4v) is 2.27. The van der Waals surface area contributed by atoms with E-state index in [0.717, 1.165) is 16.4 Å². The molecule has 0 N–H and O–H groups in total. The van der Waals surface area contributed by atoms with Crippen molar-refractivity contribution in [2.75, 3.05) is 0 Å². The highest BCUT2D eigenvalue weighted by atomic mass is 32.1. The molecule has 0 fully saturated rings. The summed E-state index contributed by atoms with van der Waals surface area (Å²) in [6.07, 6.45) is 0.725. The van der Waals surface area contributed by atoms with Gasteiger partial charge in [-0.15, -0.1) is 11.3 Å². The van der Waals surface area contributed by atoms with Gasteiger partial charge in [-0.25, -0.2) is 0 Å². The minimum absolute atomic E-state index is 0.434. The number of carbonyl (C=O) groups is 1. The number of azide groups is 1. The number of benzene rings is 1. The Labute approximate surface area is 83.4 Å². The fraction of sp³-hybridized carbons (Fsp3) is 0. The molecule has 0 atom stereocenters. The van der Waals surface area contributed by atoms with Crippen molar-refractivity contribution in [3.05, 3.63) is 40.3 Å². The molecule has 0 aliphatic rings. The average molecular weight is 203 g/mol. The van der Waals surface area contributed by atoms with Crippen LogP contribution in [-0.4, -0.2) is 6.29 Å². The minimum atomic E-state index is 0.434. The van der Waals surface area contributed by atoms with Crippen molar-refractivity contribution in [2.24, 2.45) is 5.11 Å². The maximum absolute atomic E-state index is 10.8. The largest absolute Gasteiger partial charge is 0.298 e. The molecular weight excluding hydrogens is 198 g/mol. The van der Waals surface area contributed by atoms with E-state index in [1.807, 2.05) is 24.3 Å². The number of nitrogens with zero attached hydrogens (tertiary/aromatic N) is 3. The van der Waals surface area contributed by atoms with Crippen LogP contribution in [0.2, 0.25) is 0 Å². The van der Waals surface area contributed by atoms with E-state index in [4.69, 9.17) is 5.53 Å². The van der Waals surface area contributed by atoms with Crippen LogP contribution in [0, 0.1) is 0 Å². The summed E-state index contributed by atoms with van der Waals surface area (Å²) in [6.45, 7) is 0. The summed E-state index contributed by atoms with van der Waals surface area (Å²) in [5.41, 5.74) is 8.79. The average Bonchev–Trinajstić information content (AvgIpc) is 2.55. The molecule has 0 radical (unpaired) electrons. The summed E-state index contributed by atoms with van der Waals surface area (Å²) in [7, 11) is 0. The number of rotatable bonds is 2. The van der Waals surface area contributed by atoms with Gasteiger partial charge in [0.25, 0.3) is 0 Å². The van der Waals surface area contributed by atoms with E-state index in [1.54, 1.807) is 0 Å². The topological polar surface area (TPSA) is 65.8 Å². The molecule has 1 aromatic carbocycles. The van der Waals surface area contributed by atoms with Gasteiger partial charge >= 0.3 is 0 Å². The van der Waals surface area contributed by atoms with Crippen LogP contribution in [-0.2, 0) is 0 Å². The molecule has 2 aromatic rings. The normalized spacial score (nSPS) is 9.71. The monoisotopic (exact) mass is 203 g/mol. The summed E-state index contributed by atoms with van der Waals surface area (Å²) >= 11 is 1.32. The van der Waals surface area contributed by atoms with E-state index in [-0.39, 0.29) is 0 Å². The Morgan fingerprint density at radius 3 is 2.93 bits per heavy atom. The maximum atomic E-state index is 10.8. The predicted octanol–water partition coefficient (Wildman–Crippen LogP) is 3.66. The Hall–Kier alpha value is -1.84. The highest BCUT2D eigenvalue weighted by molar-refractivity contribution is 7.23. The summed E-state index contributed by atoms with van der Waals surface area (Å²) in [5.74, 6) is 0. The number of hydrogen-bond donors (Lipinski definition) is 0. The van der Waals surface area contributed by atoms with Crippen molar-refractivity contribution in [1.29, 1.82) is 0 Å². The third-order valence-electron chi connectivity index (χ3n) is 1.87. The molecular formula is C9H5N3OS. The molecule has 0 spiro atoms.